The van der Waals surface area contributed by atoms with Gasteiger partial charge in [-0.25, -0.2) is 0 Å². The van der Waals surface area contributed by atoms with Crippen LogP contribution < -0.4 is 5.73 Å². The summed E-state index contributed by atoms with van der Waals surface area (Å²) in [4.78, 5) is 0. The van der Waals surface area contributed by atoms with Crippen molar-refractivity contribution in [1.82, 2.24) is 9.78 Å². The fourth-order valence-electron chi connectivity index (χ4n) is 3.69. The van der Waals surface area contributed by atoms with Crippen molar-refractivity contribution in [2.45, 2.75) is 64.0 Å². The highest BCUT2D eigenvalue weighted by atomic mass is 16.5. The van der Waals surface area contributed by atoms with Crippen LogP contribution in [-0.2, 0) is 11.2 Å². The molecule has 19 heavy (non-hydrogen) atoms. The quantitative estimate of drug-likeness (QED) is 0.910. The fourth-order valence-corrected chi connectivity index (χ4v) is 3.69. The van der Waals surface area contributed by atoms with E-state index in [0.29, 0.717) is 12.6 Å². The third-order valence-electron chi connectivity index (χ3n) is 4.95. The van der Waals surface area contributed by atoms with Gasteiger partial charge in [-0.3, -0.25) is 4.68 Å². The molecule has 2 fully saturated rings. The molecule has 2 heterocycles. The van der Waals surface area contributed by atoms with E-state index < -0.39 is 0 Å². The van der Waals surface area contributed by atoms with Crippen LogP contribution in [0.2, 0.25) is 0 Å². The SMILES string of the molecule is Cc1nn(C2CCOC3(CCC3)C2)c(C)c1CCN. The summed E-state index contributed by atoms with van der Waals surface area (Å²) in [5.74, 6) is 0. The maximum atomic E-state index is 6.02. The lowest BCUT2D eigenvalue weighted by molar-refractivity contribution is -0.141. The minimum Gasteiger partial charge on any atom is -0.375 e. The van der Waals surface area contributed by atoms with Crippen LogP contribution in [0.1, 0.15) is 55.1 Å². The standard InChI is InChI=1S/C15H25N3O/c1-11-14(4-8-16)12(2)18(17-11)13-5-9-19-15(10-13)6-3-7-15/h13H,3-10,16H2,1-2H3. The van der Waals surface area contributed by atoms with Crippen molar-refractivity contribution in [2.24, 2.45) is 5.73 Å². The molecule has 1 aromatic heterocycles. The van der Waals surface area contributed by atoms with Gasteiger partial charge >= 0.3 is 0 Å². The summed E-state index contributed by atoms with van der Waals surface area (Å²) in [6, 6.07) is 0.513. The normalized spacial score (nSPS) is 25.5. The minimum absolute atomic E-state index is 0.184. The smallest absolute Gasteiger partial charge is 0.0703 e. The van der Waals surface area contributed by atoms with Crippen molar-refractivity contribution in [2.75, 3.05) is 13.2 Å². The highest BCUT2D eigenvalue weighted by Gasteiger charge is 2.43. The molecule has 1 unspecified atom stereocenters. The predicted octanol–water partition coefficient (Wildman–Crippen LogP) is 2.28. The molecule has 1 aromatic rings. The first-order valence-electron chi connectivity index (χ1n) is 7.54. The van der Waals surface area contributed by atoms with Gasteiger partial charge < -0.3 is 10.5 Å². The Bertz CT molecular complexity index is 462. The second-order valence-electron chi connectivity index (χ2n) is 6.16. The highest BCUT2D eigenvalue weighted by molar-refractivity contribution is 5.25. The van der Waals surface area contributed by atoms with E-state index >= 15 is 0 Å². The average molecular weight is 263 g/mol. The number of rotatable bonds is 3. The van der Waals surface area contributed by atoms with E-state index in [0.717, 1.165) is 31.6 Å². The molecule has 1 saturated heterocycles. The number of nitrogens with zero attached hydrogens (tertiary/aromatic N) is 2. The van der Waals surface area contributed by atoms with Crippen LogP contribution in [-0.4, -0.2) is 28.5 Å². The summed E-state index contributed by atoms with van der Waals surface area (Å²) in [5.41, 5.74) is 9.69. The Morgan fingerprint density at radius 1 is 1.42 bits per heavy atom. The molecule has 1 spiro atoms. The van der Waals surface area contributed by atoms with Crippen molar-refractivity contribution in [3.8, 4) is 0 Å². The van der Waals surface area contributed by atoms with Crippen LogP contribution in [0.4, 0.5) is 0 Å². The van der Waals surface area contributed by atoms with Gasteiger partial charge in [0.05, 0.1) is 17.3 Å². The van der Waals surface area contributed by atoms with E-state index in [1.807, 2.05) is 0 Å². The second-order valence-corrected chi connectivity index (χ2v) is 6.16. The van der Waals surface area contributed by atoms with Crippen molar-refractivity contribution >= 4 is 0 Å². The maximum Gasteiger partial charge on any atom is 0.0703 e. The summed E-state index contributed by atoms with van der Waals surface area (Å²) in [5, 5.41) is 4.78. The lowest BCUT2D eigenvalue weighted by Gasteiger charge is -2.47. The molecule has 2 aliphatic rings. The predicted molar refractivity (Wildman–Crippen MR) is 75.3 cm³/mol. The van der Waals surface area contributed by atoms with Gasteiger partial charge in [0, 0.05) is 12.3 Å². The lowest BCUT2D eigenvalue weighted by Crippen LogP contribution is -2.46. The van der Waals surface area contributed by atoms with E-state index in [2.05, 4.69) is 18.5 Å². The maximum absolute atomic E-state index is 6.02. The van der Waals surface area contributed by atoms with E-state index in [1.54, 1.807) is 0 Å². The molecule has 1 atom stereocenters. The van der Waals surface area contributed by atoms with Gasteiger partial charge in [-0.15, -0.1) is 0 Å². The summed E-state index contributed by atoms with van der Waals surface area (Å²) < 4.78 is 8.27. The van der Waals surface area contributed by atoms with Gasteiger partial charge in [-0.2, -0.15) is 5.10 Å². The number of hydrogen-bond acceptors (Lipinski definition) is 3. The first-order chi connectivity index (χ1) is 9.15. The van der Waals surface area contributed by atoms with Gasteiger partial charge in [0.25, 0.3) is 0 Å². The zero-order chi connectivity index (χ0) is 13.5. The number of nitrogens with two attached hydrogens (primary N) is 1. The van der Waals surface area contributed by atoms with Gasteiger partial charge in [0.1, 0.15) is 0 Å². The Kier molecular flexibility index (Phi) is 3.39. The summed E-state index contributed by atoms with van der Waals surface area (Å²) in [6.45, 7) is 5.88. The molecular weight excluding hydrogens is 238 g/mol. The number of aromatic nitrogens is 2. The molecule has 1 saturated carbocycles. The molecule has 4 heteroatoms. The van der Waals surface area contributed by atoms with Crippen LogP contribution in [0, 0.1) is 13.8 Å². The molecule has 0 bridgehead atoms. The number of hydrogen-bond donors (Lipinski definition) is 1. The molecule has 3 rings (SSSR count). The summed E-state index contributed by atoms with van der Waals surface area (Å²) >= 11 is 0. The van der Waals surface area contributed by atoms with Crippen molar-refractivity contribution in [1.29, 1.82) is 0 Å². The van der Waals surface area contributed by atoms with Crippen LogP contribution >= 0.6 is 0 Å². The topological polar surface area (TPSA) is 53.1 Å². The first kappa shape index (κ1) is 13.1. The monoisotopic (exact) mass is 263 g/mol. The minimum atomic E-state index is 0.184. The molecular formula is C15H25N3O. The van der Waals surface area contributed by atoms with Gasteiger partial charge in [0.2, 0.25) is 0 Å². The molecule has 1 aliphatic carbocycles. The van der Waals surface area contributed by atoms with Gasteiger partial charge in [0.15, 0.2) is 0 Å². The largest absolute Gasteiger partial charge is 0.375 e. The van der Waals surface area contributed by atoms with Gasteiger partial charge in [-0.05, 0) is 64.5 Å². The molecule has 4 nitrogen and oxygen atoms in total. The van der Waals surface area contributed by atoms with Crippen LogP contribution in [0.25, 0.3) is 0 Å². The average Bonchev–Trinajstić information content (AvgIpc) is 2.66. The van der Waals surface area contributed by atoms with Crippen LogP contribution in [0.5, 0.6) is 0 Å². The lowest BCUT2D eigenvalue weighted by atomic mass is 9.74. The van der Waals surface area contributed by atoms with E-state index in [1.165, 1.54) is 30.5 Å². The zero-order valence-corrected chi connectivity index (χ0v) is 12.1. The highest BCUT2D eigenvalue weighted by Crippen LogP contribution is 2.45. The Morgan fingerprint density at radius 2 is 2.21 bits per heavy atom. The fraction of sp³-hybridized carbons (Fsp3) is 0.800. The van der Waals surface area contributed by atoms with E-state index in [4.69, 9.17) is 15.6 Å². The third kappa shape index (κ3) is 2.21. The Hall–Kier alpha value is -0.870. The molecule has 2 N–H and O–H groups in total. The van der Waals surface area contributed by atoms with E-state index in [9.17, 15) is 0 Å². The van der Waals surface area contributed by atoms with Crippen molar-refractivity contribution < 1.29 is 4.74 Å². The second kappa shape index (κ2) is 4.91. The van der Waals surface area contributed by atoms with Crippen LogP contribution in [0.15, 0.2) is 0 Å². The van der Waals surface area contributed by atoms with E-state index in [-0.39, 0.29) is 5.60 Å². The Balaban J connectivity index is 1.83. The first-order valence-corrected chi connectivity index (χ1v) is 7.54. The summed E-state index contributed by atoms with van der Waals surface area (Å²) in [6.07, 6.45) is 6.95. The van der Waals surface area contributed by atoms with Gasteiger partial charge in [-0.1, -0.05) is 0 Å². The molecule has 106 valence electrons. The zero-order valence-electron chi connectivity index (χ0n) is 12.1. The number of aryl methyl sites for hydroxylation is 1. The van der Waals surface area contributed by atoms with Crippen molar-refractivity contribution in [3.63, 3.8) is 0 Å². The molecule has 0 aromatic carbocycles. The van der Waals surface area contributed by atoms with Crippen molar-refractivity contribution in [3.05, 3.63) is 17.0 Å². The number of ether oxygens (including phenoxy) is 1. The molecule has 0 amide bonds. The third-order valence-corrected chi connectivity index (χ3v) is 4.95. The molecule has 1 aliphatic heterocycles. The Labute approximate surface area is 115 Å². The van der Waals surface area contributed by atoms with Crippen LogP contribution in [0.3, 0.4) is 0 Å². The summed E-state index contributed by atoms with van der Waals surface area (Å²) in [7, 11) is 0. The molecule has 0 radical (unpaired) electrons. The Morgan fingerprint density at radius 3 is 2.84 bits per heavy atom.